The zero-order valence-corrected chi connectivity index (χ0v) is 15.2. The molecule has 0 fully saturated rings. The molecule has 0 atom stereocenters. The number of hydrogen-bond donors (Lipinski definition) is 0. The predicted octanol–water partition coefficient (Wildman–Crippen LogP) is 4.53. The maximum Gasteiger partial charge on any atom is 0.297 e. The highest BCUT2D eigenvalue weighted by Crippen LogP contribution is 2.23. The lowest BCUT2D eigenvalue weighted by molar-refractivity contribution is -0.0383. The Morgan fingerprint density at radius 3 is 2.08 bits per heavy atom. The molecule has 0 saturated carbocycles. The summed E-state index contributed by atoms with van der Waals surface area (Å²) in [6.07, 6.45) is 1.32. The van der Waals surface area contributed by atoms with E-state index >= 15 is 0 Å². The van der Waals surface area contributed by atoms with Crippen molar-refractivity contribution in [3.63, 3.8) is 0 Å². The van der Waals surface area contributed by atoms with Crippen LogP contribution < -0.4 is 0 Å². The Labute approximate surface area is 147 Å². The van der Waals surface area contributed by atoms with Crippen molar-refractivity contribution in [3.05, 3.63) is 65.2 Å². The molecular weight excluding hydrogens is 346 g/mol. The van der Waals surface area contributed by atoms with Gasteiger partial charge < -0.3 is 0 Å². The van der Waals surface area contributed by atoms with E-state index < -0.39 is 29.1 Å². The average molecular weight is 368 g/mol. The van der Waals surface area contributed by atoms with Gasteiger partial charge in [0, 0.05) is 6.42 Å². The lowest BCUT2D eigenvalue weighted by atomic mass is 10.0. The minimum atomic E-state index is -4.20. The highest BCUT2D eigenvalue weighted by molar-refractivity contribution is 7.86. The van der Waals surface area contributed by atoms with Crippen molar-refractivity contribution in [2.24, 2.45) is 0 Å². The fourth-order valence-electron chi connectivity index (χ4n) is 2.40. The number of hydrogen-bond acceptors (Lipinski definition) is 3. The van der Waals surface area contributed by atoms with E-state index in [9.17, 15) is 17.2 Å². The lowest BCUT2D eigenvalue weighted by Gasteiger charge is -2.16. The van der Waals surface area contributed by atoms with Crippen LogP contribution in [0.2, 0.25) is 0 Å². The van der Waals surface area contributed by atoms with Crippen LogP contribution in [0.1, 0.15) is 30.0 Å². The van der Waals surface area contributed by atoms with Gasteiger partial charge in [-0.1, -0.05) is 55.3 Å². The second-order valence-corrected chi connectivity index (χ2v) is 7.74. The van der Waals surface area contributed by atoms with Crippen LogP contribution in [0.4, 0.5) is 8.78 Å². The average Bonchev–Trinajstić information content (AvgIpc) is 2.56. The van der Waals surface area contributed by atoms with Gasteiger partial charge in [-0.15, -0.1) is 0 Å². The van der Waals surface area contributed by atoms with Crippen molar-refractivity contribution < 1.29 is 21.4 Å². The Hall–Kier alpha value is -1.79. The first kappa shape index (κ1) is 19.5. The summed E-state index contributed by atoms with van der Waals surface area (Å²) < 4.78 is 56.7. The number of alkyl halides is 2. The van der Waals surface area contributed by atoms with Gasteiger partial charge in [-0.3, -0.25) is 4.18 Å². The van der Waals surface area contributed by atoms with Crippen molar-refractivity contribution in [2.75, 3.05) is 6.61 Å². The Balaban J connectivity index is 1.99. The topological polar surface area (TPSA) is 43.4 Å². The fraction of sp³-hybridized carbons (Fsp3) is 0.368. The molecule has 25 heavy (non-hydrogen) atoms. The Morgan fingerprint density at radius 2 is 1.52 bits per heavy atom. The van der Waals surface area contributed by atoms with Crippen LogP contribution in [0.5, 0.6) is 0 Å². The summed E-state index contributed by atoms with van der Waals surface area (Å²) >= 11 is 0. The Kier molecular flexibility index (Phi) is 6.30. The van der Waals surface area contributed by atoms with E-state index in [2.05, 4.69) is 4.18 Å². The molecular formula is C19H22F2O3S. The van der Waals surface area contributed by atoms with Gasteiger partial charge >= 0.3 is 0 Å². The Bertz CT molecular complexity index is 782. The van der Waals surface area contributed by atoms with E-state index in [1.807, 2.05) is 19.1 Å². The molecule has 0 heterocycles. The minimum absolute atomic E-state index is 0.127. The molecule has 0 radical (unpaired) electrons. The zero-order valence-electron chi connectivity index (χ0n) is 14.3. The van der Waals surface area contributed by atoms with E-state index in [1.54, 1.807) is 31.2 Å². The van der Waals surface area contributed by atoms with Gasteiger partial charge in [0.1, 0.15) is 6.61 Å². The first-order chi connectivity index (χ1) is 11.7. The normalized spacial score (nSPS) is 12.3. The van der Waals surface area contributed by atoms with E-state index in [-0.39, 0.29) is 4.90 Å². The predicted molar refractivity (Wildman–Crippen MR) is 93.4 cm³/mol. The molecule has 0 unspecified atom stereocenters. The van der Waals surface area contributed by atoms with Gasteiger partial charge in [-0.25, -0.2) is 8.78 Å². The van der Waals surface area contributed by atoms with Crippen molar-refractivity contribution in [1.82, 2.24) is 0 Å². The SMILES string of the molecule is CCCc1ccc(CC(F)(F)COS(=O)(=O)c2ccc(C)cc2)cc1. The third-order valence-electron chi connectivity index (χ3n) is 3.76. The van der Waals surface area contributed by atoms with E-state index in [0.29, 0.717) is 5.56 Å². The molecule has 0 aliphatic carbocycles. The number of aryl methyl sites for hydroxylation is 2. The lowest BCUT2D eigenvalue weighted by Crippen LogP contribution is -2.28. The van der Waals surface area contributed by atoms with Crippen molar-refractivity contribution in [1.29, 1.82) is 0 Å². The largest absolute Gasteiger partial charge is 0.297 e. The molecule has 136 valence electrons. The number of halogens is 2. The van der Waals surface area contributed by atoms with Crippen LogP contribution >= 0.6 is 0 Å². The first-order valence-electron chi connectivity index (χ1n) is 8.13. The molecule has 0 aliphatic heterocycles. The van der Waals surface area contributed by atoms with Gasteiger partial charge in [0.05, 0.1) is 4.90 Å². The van der Waals surface area contributed by atoms with Crippen LogP contribution in [0.15, 0.2) is 53.4 Å². The smallest absolute Gasteiger partial charge is 0.260 e. The summed E-state index contributed by atoms with van der Waals surface area (Å²) in [5.41, 5.74) is 2.41. The summed E-state index contributed by atoms with van der Waals surface area (Å²) in [6, 6.07) is 12.8. The molecule has 0 aromatic heterocycles. The van der Waals surface area contributed by atoms with E-state index in [1.165, 1.54) is 12.1 Å². The molecule has 2 aromatic rings. The summed E-state index contributed by atoms with van der Waals surface area (Å²) in [4.78, 5) is -0.127. The molecule has 2 rings (SSSR count). The monoisotopic (exact) mass is 368 g/mol. The minimum Gasteiger partial charge on any atom is -0.260 e. The van der Waals surface area contributed by atoms with Crippen molar-refractivity contribution in [3.8, 4) is 0 Å². The second-order valence-electron chi connectivity index (χ2n) is 6.13. The van der Waals surface area contributed by atoms with Gasteiger partial charge in [0.25, 0.3) is 16.0 Å². The van der Waals surface area contributed by atoms with Gasteiger partial charge in [-0.2, -0.15) is 8.42 Å². The van der Waals surface area contributed by atoms with E-state index in [4.69, 9.17) is 0 Å². The van der Waals surface area contributed by atoms with Crippen LogP contribution in [-0.4, -0.2) is 20.9 Å². The molecule has 0 bridgehead atoms. The molecule has 0 saturated heterocycles. The third kappa shape index (κ3) is 5.90. The van der Waals surface area contributed by atoms with Crippen LogP contribution in [0, 0.1) is 6.92 Å². The van der Waals surface area contributed by atoms with E-state index in [0.717, 1.165) is 24.0 Å². The molecule has 3 nitrogen and oxygen atoms in total. The summed E-state index contributed by atoms with van der Waals surface area (Å²) in [6.45, 7) is 2.67. The number of benzene rings is 2. The summed E-state index contributed by atoms with van der Waals surface area (Å²) in [7, 11) is -4.20. The van der Waals surface area contributed by atoms with Gasteiger partial charge in [-0.05, 0) is 36.6 Å². The molecule has 6 heteroatoms. The number of rotatable bonds is 8. The maximum absolute atomic E-state index is 14.1. The quantitative estimate of drug-likeness (QED) is 0.643. The summed E-state index contributed by atoms with van der Waals surface area (Å²) in [5.74, 6) is -3.27. The Morgan fingerprint density at radius 1 is 0.960 bits per heavy atom. The standard InChI is InChI=1S/C19H22F2O3S/c1-3-4-16-7-9-17(10-8-16)13-19(20,21)14-24-25(22,23)18-11-5-15(2)6-12-18/h5-12H,3-4,13-14H2,1-2H3. The van der Waals surface area contributed by atoms with Gasteiger partial charge in [0.15, 0.2) is 0 Å². The molecule has 0 amide bonds. The first-order valence-corrected chi connectivity index (χ1v) is 9.54. The van der Waals surface area contributed by atoms with Crippen molar-refractivity contribution >= 4 is 10.1 Å². The van der Waals surface area contributed by atoms with Gasteiger partial charge in [0.2, 0.25) is 0 Å². The summed E-state index contributed by atoms with van der Waals surface area (Å²) in [5, 5.41) is 0. The molecule has 0 spiro atoms. The molecule has 0 aliphatic rings. The highest BCUT2D eigenvalue weighted by atomic mass is 32.2. The fourth-order valence-corrected chi connectivity index (χ4v) is 3.33. The van der Waals surface area contributed by atoms with Crippen molar-refractivity contribution in [2.45, 2.75) is 43.9 Å². The molecule has 2 aromatic carbocycles. The highest BCUT2D eigenvalue weighted by Gasteiger charge is 2.32. The second kappa shape index (κ2) is 8.06. The van der Waals surface area contributed by atoms with Crippen LogP contribution in [0.3, 0.4) is 0 Å². The third-order valence-corrected chi connectivity index (χ3v) is 5.04. The zero-order chi connectivity index (χ0) is 18.5. The maximum atomic E-state index is 14.1. The van der Waals surface area contributed by atoms with Crippen LogP contribution in [0.25, 0.3) is 0 Å². The van der Waals surface area contributed by atoms with Crippen LogP contribution in [-0.2, 0) is 27.1 Å². The molecule has 0 N–H and O–H groups in total.